The second-order valence-electron chi connectivity index (χ2n) is 17.2. The fraction of sp³-hybridized carbons (Fsp3) is 0.744. The Labute approximate surface area is 367 Å². The lowest BCUT2D eigenvalue weighted by Gasteiger charge is -2.30. The fourth-order valence-corrected chi connectivity index (χ4v) is 7.25. The molecule has 10 N–H and O–H groups in total. The first-order valence-corrected chi connectivity index (χ1v) is 22.3. The fourth-order valence-electron chi connectivity index (χ4n) is 6.33. The van der Waals surface area contributed by atoms with Crippen LogP contribution in [0.5, 0.6) is 0 Å². The van der Waals surface area contributed by atoms with E-state index in [1.165, 1.54) is 17.4 Å². The molecule has 0 radical (unpaired) electrons. The number of primary amides is 1. The van der Waals surface area contributed by atoms with Gasteiger partial charge in [-0.1, -0.05) is 13.8 Å². The zero-order valence-electron chi connectivity index (χ0n) is 37.3. The predicted octanol–water partition coefficient (Wildman–Crippen LogP) is -0.207. The second kappa shape index (κ2) is 25.1. The van der Waals surface area contributed by atoms with Crippen molar-refractivity contribution in [3.63, 3.8) is 0 Å². The van der Waals surface area contributed by atoms with Crippen LogP contribution in [0.4, 0.5) is 0 Å². The highest BCUT2D eigenvalue weighted by Gasteiger charge is 2.38. The number of carboxylic acids is 1. The molecule has 1 aromatic rings. The highest BCUT2D eigenvalue weighted by atomic mass is 31.2. The molecule has 0 saturated carbocycles. The van der Waals surface area contributed by atoms with Gasteiger partial charge in [0.1, 0.15) is 30.2 Å². The maximum Gasteiger partial charge on any atom is 0.472 e. The van der Waals surface area contributed by atoms with Gasteiger partial charge in [0.15, 0.2) is 0 Å². The molecule has 1 aliphatic heterocycles. The number of imidazole rings is 1. The largest absolute Gasteiger partial charge is 0.481 e. The van der Waals surface area contributed by atoms with Gasteiger partial charge in [0, 0.05) is 31.5 Å². The van der Waals surface area contributed by atoms with Crippen LogP contribution < -0.4 is 27.0 Å². The van der Waals surface area contributed by atoms with Crippen LogP contribution in [0.1, 0.15) is 99.6 Å². The lowest BCUT2D eigenvalue weighted by Crippen LogP contribution is -2.61. The van der Waals surface area contributed by atoms with E-state index in [0.29, 0.717) is 38.1 Å². The number of carboxylic acid groups (broad SMARTS) is 1. The average molecular weight is 919 g/mol. The van der Waals surface area contributed by atoms with Crippen LogP contribution in [0.15, 0.2) is 12.5 Å². The number of aromatic nitrogens is 2. The number of H-pyrrole nitrogens is 1. The summed E-state index contributed by atoms with van der Waals surface area (Å²) in [4.78, 5) is 109. The van der Waals surface area contributed by atoms with E-state index < -0.39 is 105 Å². The molecular weight excluding hydrogens is 851 g/mol. The van der Waals surface area contributed by atoms with E-state index in [9.17, 15) is 48.1 Å². The SMILES string of the molecule is CC(C)CC(NC(=O)C1CCCN1C(=O)CCOC(C)(C)CCOC(C)(C)C)C(=O)NC(Cc1cnc[nH]1)C(=O)NC(CO)C(=O)NC(C(N)=O)C(C)OP(=O)(O)OCCC(=O)O. The molecule has 7 atom stereocenters. The van der Waals surface area contributed by atoms with Crippen molar-refractivity contribution >= 4 is 49.2 Å². The smallest absolute Gasteiger partial charge is 0.472 e. The number of aliphatic hydroxyl groups excluding tert-OH is 1. The van der Waals surface area contributed by atoms with Crippen molar-refractivity contribution in [1.29, 1.82) is 0 Å². The number of aromatic amines is 1. The van der Waals surface area contributed by atoms with E-state index in [2.05, 4.69) is 35.8 Å². The Morgan fingerprint density at radius 3 is 2.13 bits per heavy atom. The van der Waals surface area contributed by atoms with Gasteiger partial charge in [0.05, 0.1) is 56.3 Å². The van der Waals surface area contributed by atoms with Gasteiger partial charge in [0.25, 0.3) is 0 Å². The summed E-state index contributed by atoms with van der Waals surface area (Å²) in [5.41, 5.74) is 4.93. The first-order valence-electron chi connectivity index (χ1n) is 20.8. The Hall–Kier alpha value is -4.51. The minimum absolute atomic E-state index is 0.0341. The number of phosphoric ester groups is 1. The van der Waals surface area contributed by atoms with Crippen molar-refractivity contribution in [2.75, 3.05) is 33.0 Å². The topological polar surface area (TPSA) is 340 Å². The Bertz CT molecular complexity index is 1740. The van der Waals surface area contributed by atoms with E-state index in [1.54, 1.807) is 0 Å². The van der Waals surface area contributed by atoms with Crippen LogP contribution in [-0.4, -0.2) is 152 Å². The predicted molar refractivity (Wildman–Crippen MR) is 224 cm³/mol. The maximum atomic E-state index is 13.9. The van der Waals surface area contributed by atoms with Gasteiger partial charge in [-0.15, -0.1) is 0 Å². The second-order valence-corrected chi connectivity index (χ2v) is 18.6. The molecule has 1 fully saturated rings. The number of carbonyl (C=O) groups excluding carboxylic acids is 6. The number of likely N-dealkylation sites (tertiary alicyclic amines) is 1. The third-order valence-electron chi connectivity index (χ3n) is 9.63. The average Bonchev–Trinajstić information content (AvgIpc) is 3.87. The molecule has 0 aromatic carbocycles. The van der Waals surface area contributed by atoms with Gasteiger partial charge >= 0.3 is 13.8 Å². The van der Waals surface area contributed by atoms with Crippen LogP contribution in [0.3, 0.4) is 0 Å². The van der Waals surface area contributed by atoms with Gasteiger partial charge in [-0.25, -0.2) is 9.55 Å². The standard InChI is InChI=1S/C39H67N8O15P/c1-23(2)18-26(44-37(56)29-10-9-14-47(29)30(49)11-15-60-39(7,8)13-17-59-38(4,5)6)34(53)43-27(19-25-20-41-22-42-25)35(54)45-28(21-48)36(55)46-32(33(40)52)24(3)62-63(57,58)61-16-12-31(50)51/h20,22-24,26-29,32,48H,9-19,21H2,1-8H3,(H2,40,52)(H,41,42)(H,43,53)(H,44,56)(H,45,54)(H,46,55)(H,50,51)(H,57,58). The molecule has 23 nitrogen and oxygen atoms in total. The summed E-state index contributed by atoms with van der Waals surface area (Å²) in [6, 6.07) is -7.04. The summed E-state index contributed by atoms with van der Waals surface area (Å²) < 4.78 is 33.5. The van der Waals surface area contributed by atoms with Gasteiger partial charge < -0.3 is 61.5 Å². The number of nitrogens with one attached hydrogen (secondary N) is 5. The zero-order chi connectivity index (χ0) is 47.7. The lowest BCUT2D eigenvalue weighted by molar-refractivity contribution is -0.141. The molecule has 2 rings (SSSR count). The van der Waals surface area contributed by atoms with Crippen molar-refractivity contribution < 1.29 is 71.8 Å². The minimum atomic E-state index is -4.95. The molecule has 1 aliphatic rings. The van der Waals surface area contributed by atoms with Crippen LogP contribution in [0, 0.1) is 5.92 Å². The summed E-state index contributed by atoms with van der Waals surface area (Å²) in [7, 11) is -4.95. The normalized spacial score (nSPS) is 17.8. The van der Waals surface area contributed by atoms with Crippen molar-refractivity contribution in [2.24, 2.45) is 11.7 Å². The Morgan fingerprint density at radius 1 is 0.921 bits per heavy atom. The molecule has 0 aliphatic carbocycles. The first kappa shape index (κ1) is 54.6. The zero-order valence-corrected chi connectivity index (χ0v) is 38.2. The molecule has 0 bridgehead atoms. The first-order chi connectivity index (χ1) is 29.2. The van der Waals surface area contributed by atoms with Gasteiger partial charge in [0.2, 0.25) is 35.4 Å². The molecular formula is C39H67N8O15P. The molecule has 1 saturated heterocycles. The summed E-state index contributed by atoms with van der Waals surface area (Å²) in [5, 5.41) is 28.7. The summed E-state index contributed by atoms with van der Waals surface area (Å²) in [6.45, 7) is 13.6. The van der Waals surface area contributed by atoms with Crippen molar-refractivity contribution in [3.05, 3.63) is 18.2 Å². The number of rotatable bonds is 28. The summed E-state index contributed by atoms with van der Waals surface area (Å²) in [6.07, 6.45) is 1.95. The molecule has 2 heterocycles. The highest BCUT2D eigenvalue weighted by Crippen LogP contribution is 2.45. The molecule has 7 unspecified atom stereocenters. The van der Waals surface area contributed by atoms with Gasteiger partial charge in [-0.05, 0) is 73.1 Å². The Kier molecular flexibility index (Phi) is 21.8. The lowest BCUT2D eigenvalue weighted by atomic mass is 10.0. The number of hydrogen-bond donors (Lipinski definition) is 9. The quantitative estimate of drug-likeness (QED) is 0.0491. The van der Waals surface area contributed by atoms with Crippen LogP contribution in [0.25, 0.3) is 0 Å². The van der Waals surface area contributed by atoms with Crippen LogP contribution in [-0.2, 0) is 63.1 Å². The molecule has 0 spiro atoms. The van der Waals surface area contributed by atoms with Gasteiger partial charge in [-0.3, -0.25) is 42.6 Å². The van der Waals surface area contributed by atoms with Crippen molar-refractivity contribution in [2.45, 2.75) is 148 Å². The molecule has 24 heteroatoms. The van der Waals surface area contributed by atoms with Crippen LogP contribution >= 0.6 is 7.82 Å². The monoisotopic (exact) mass is 918 g/mol. The number of nitrogens with zero attached hydrogens (tertiary/aromatic N) is 2. The third-order valence-corrected chi connectivity index (χ3v) is 10.7. The molecule has 6 amide bonds. The van der Waals surface area contributed by atoms with E-state index in [1.807, 2.05) is 48.5 Å². The number of aliphatic hydroxyl groups is 1. The number of phosphoric acid groups is 1. The van der Waals surface area contributed by atoms with Crippen LogP contribution in [0.2, 0.25) is 0 Å². The number of aliphatic carboxylic acids is 1. The Morgan fingerprint density at radius 2 is 1.56 bits per heavy atom. The number of carbonyl (C=O) groups is 7. The number of amides is 6. The molecule has 63 heavy (non-hydrogen) atoms. The number of ether oxygens (including phenoxy) is 2. The Balaban J connectivity index is 2.16. The van der Waals surface area contributed by atoms with Crippen molar-refractivity contribution in [1.82, 2.24) is 36.1 Å². The van der Waals surface area contributed by atoms with E-state index in [0.717, 1.165) is 6.92 Å². The maximum absolute atomic E-state index is 13.9. The van der Waals surface area contributed by atoms with Gasteiger partial charge in [-0.2, -0.15) is 0 Å². The van der Waals surface area contributed by atoms with E-state index in [-0.39, 0.29) is 43.3 Å². The number of hydrogen-bond acceptors (Lipinski definition) is 14. The van der Waals surface area contributed by atoms with Crippen molar-refractivity contribution in [3.8, 4) is 0 Å². The molecule has 1 aromatic heterocycles. The van der Waals surface area contributed by atoms with E-state index in [4.69, 9.17) is 24.8 Å². The third kappa shape index (κ3) is 20.3. The van der Waals surface area contributed by atoms with E-state index >= 15 is 0 Å². The molecule has 358 valence electrons. The summed E-state index contributed by atoms with van der Waals surface area (Å²) >= 11 is 0. The highest BCUT2D eigenvalue weighted by molar-refractivity contribution is 7.47. The minimum Gasteiger partial charge on any atom is -0.481 e. The summed E-state index contributed by atoms with van der Waals surface area (Å²) in [5.74, 6) is -6.46. The number of nitrogens with two attached hydrogens (primary N) is 1.